The lowest BCUT2D eigenvalue weighted by Crippen LogP contribution is -2.26. The van der Waals surface area contributed by atoms with Gasteiger partial charge in [-0.3, -0.25) is 9.78 Å². The van der Waals surface area contributed by atoms with Crippen LogP contribution in [-0.2, 0) is 4.79 Å². The fourth-order valence-corrected chi connectivity index (χ4v) is 2.85. The number of alkyl halides is 2. The van der Waals surface area contributed by atoms with Crippen LogP contribution in [0.3, 0.4) is 0 Å². The lowest BCUT2D eigenvalue weighted by Gasteiger charge is -2.18. The molecular formula is C16H16F2N2O. The van der Waals surface area contributed by atoms with Gasteiger partial charge in [-0.1, -0.05) is 6.07 Å². The first-order valence-corrected chi connectivity index (χ1v) is 7.06. The van der Waals surface area contributed by atoms with E-state index < -0.39 is 11.8 Å². The highest BCUT2D eigenvalue weighted by Gasteiger charge is 2.44. The summed E-state index contributed by atoms with van der Waals surface area (Å²) in [4.78, 5) is 16.0. The van der Waals surface area contributed by atoms with Crippen LogP contribution in [0.25, 0.3) is 10.8 Å². The Bertz CT molecular complexity index is 672. The molecule has 0 spiro atoms. The van der Waals surface area contributed by atoms with Gasteiger partial charge in [0.1, 0.15) is 0 Å². The standard InChI is InChI=1S/C16H16F2N2O/c17-16(18)6-1-2-13(16)9-15(21)20-14-4-3-12-10-19-7-5-11(12)8-14/h3-5,7-8,10,13H,1-2,6,9H2,(H,20,21)/t13-/m1/s1. The Balaban J connectivity index is 1.68. The number of hydrogen-bond donors (Lipinski definition) is 1. The molecule has 0 aliphatic heterocycles. The molecular weight excluding hydrogens is 274 g/mol. The molecule has 3 nitrogen and oxygen atoms in total. The third-order valence-corrected chi connectivity index (χ3v) is 4.02. The van der Waals surface area contributed by atoms with Crippen LogP contribution in [0.5, 0.6) is 0 Å². The SMILES string of the molecule is O=C(C[C@H]1CCCC1(F)F)Nc1ccc2cnccc2c1. The number of aromatic nitrogens is 1. The molecule has 1 atom stereocenters. The Morgan fingerprint density at radius 2 is 2.19 bits per heavy atom. The van der Waals surface area contributed by atoms with Crippen molar-refractivity contribution in [2.45, 2.75) is 31.6 Å². The van der Waals surface area contributed by atoms with Gasteiger partial charge >= 0.3 is 0 Å². The number of rotatable bonds is 3. The zero-order chi connectivity index (χ0) is 14.9. The Labute approximate surface area is 121 Å². The maximum absolute atomic E-state index is 13.5. The van der Waals surface area contributed by atoms with Crippen LogP contribution in [0, 0.1) is 5.92 Å². The van der Waals surface area contributed by atoms with E-state index in [9.17, 15) is 13.6 Å². The fourth-order valence-electron chi connectivity index (χ4n) is 2.85. The summed E-state index contributed by atoms with van der Waals surface area (Å²) in [6.45, 7) is 0. The van der Waals surface area contributed by atoms with Crippen molar-refractivity contribution >= 4 is 22.4 Å². The maximum atomic E-state index is 13.5. The van der Waals surface area contributed by atoms with Crippen LogP contribution >= 0.6 is 0 Å². The van der Waals surface area contributed by atoms with Gasteiger partial charge in [-0.15, -0.1) is 0 Å². The molecule has 1 aliphatic rings. The van der Waals surface area contributed by atoms with E-state index in [2.05, 4.69) is 10.3 Å². The molecule has 1 saturated carbocycles. The zero-order valence-electron chi connectivity index (χ0n) is 11.5. The summed E-state index contributed by atoms with van der Waals surface area (Å²) >= 11 is 0. The van der Waals surface area contributed by atoms with Crippen LogP contribution in [0.1, 0.15) is 25.7 Å². The Morgan fingerprint density at radius 1 is 1.33 bits per heavy atom. The molecule has 1 amide bonds. The van der Waals surface area contributed by atoms with Crippen LogP contribution in [0.15, 0.2) is 36.7 Å². The first-order valence-electron chi connectivity index (χ1n) is 7.06. The fraction of sp³-hybridized carbons (Fsp3) is 0.375. The molecule has 0 saturated heterocycles. The largest absolute Gasteiger partial charge is 0.326 e. The highest BCUT2D eigenvalue weighted by Crippen LogP contribution is 2.42. The molecule has 0 unspecified atom stereocenters. The zero-order valence-corrected chi connectivity index (χ0v) is 11.5. The quantitative estimate of drug-likeness (QED) is 0.928. The van der Waals surface area contributed by atoms with E-state index >= 15 is 0 Å². The number of pyridine rings is 1. The number of carbonyl (C=O) groups excluding carboxylic acids is 1. The minimum atomic E-state index is -2.70. The van der Waals surface area contributed by atoms with Crippen molar-refractivity contribution in [3.05, 3.63) is 36.7 Å². The molecule has 1 heterocycles. The van der Waals surface area contributed by atoms with Gasteiger partial charge in [0.25, 0.3) is 5.92 Å². The Kier molecular flexibility index (Phi) is 3.57. The highest BCUT2D eigenvalue weighted by molar-refractivity contribution is 5.94. The summed E-state index contributed by atoms with van der Waals surface area (Å²) in [5.74, 6) is -3.89. The number of benzene rings is 1. The minimum Gasteiger partial charge on any atom is -0.326 e. The summed E-state index contributed by atoms with van der Waals surface area (Å²) in [5.41, 5.74) is 0.625. The van der Waals surface area contributed by atoms with Gasteiger partial charge < -0.3 is 5.32 Å². The number of nitrogens with one attached hydrogen (secondary N) is 1. The molecule has 1 fully saturated rings. The van der Waals surface area contributed by atoms with Crippen molar-refractivity contribution in [3.63, 3.8) is 0 Å². The molecule has 3 rings (SSSR count). The van der Waals surface area contributed by atoms with Gasteiger partial charge in [-0.2, -0.15) is 0 Å². The van der Waals surface area contributed by atoms with E-state index in [0.717, 1.165) is 10.8 Å². The number of halogens is 2. The van der Waals surface area contributed by atoms with Crippen LogP contribution in [-0.4, -0.2) is 16.8 Å². The predicted octanol–water partition coefficient (Wildman–Crippen LogP) is 4.00. The third kappa shape index (κ3) is 3.01. The first kappa shape index (κ1) is 13.9. The van der Waals surface area contributed by atoms with Crippen LogP contribution < -0.4 is 5.32 Å². The van der Waals surface area contributed by atoms with E-state index in [1.165, 1.54) is 0 Å². The molecule has 1 aromatic carbocycles. The number of hydrogen-bond acceptors (Lipinski definition) is 2. The van der Waals surface area contributed by atoms with Crippen molar-refractivity contribution in [1.82, 2.24) is 4.98 Å². The van der Waals surface area contributed by atoms with Crippen LogP contribution in [0.4, 0.5) is 14.5 Å². The summed E-state index contributed by atoms with van der Waals surface area (Å²) < 4.78 is 27.1. The van der Waals surface area contributed by atoms with Crippen molar-refractivity contribution < 1.29 is 13.6 Å². The number of fused-ring (bicyclic) bond motifs is 1. The minimum absolute atomic E-state index is 0.103. The maximum Gasteiger partial charge on any atom is 0.251 e. The van der Waals surface area contributed by atoms with Gasteiger partial charge in [0.15, 0.2) is 0 Å². The molecule has 0 bridgehead atoms. The van der Waals surface area contributed by atoms with Gasteiger partial charge in [-0.05, 0) is 36.4 Å². The van der Waals surface area contributed by atoms with E-state index in [4.69, 9.17) is 0 Å². The second kappa shape index (κ2) is 5.39. The second-order valence-corrected chi connectivity index (χ2v) is 5.54. The van der Waals surface area contributed by atoms with Gasteiger partial charge in [0, 0.05) is 42.2 Å². The number of nitrogens with zero attached hydrogens (tertiary/aromatic N) is 1. The molecule has 21 heavy (non-hydrogen) atoms. The molecule has 5 heteroatoms. The lowest BCUT2D eigenvalue weighted by molar-refractivity contribution is -0.120. The van der Waals surface area contributed by atoms with Gasteiger partial charge in [-0.25, -0.2) is 8.78 Å². The van der Waals surface area contributed by atoms with Crippen LogP contribution in [0.2, 0.25) is 0 Å². The smallest absolute Gasteiger partial charge is 0.251 e. The summed E-state index contributed by atoms with van der Waals surface area (Å²) in [6, 6.07) is 7.27. The average Bonchev–Trinajstić information content (AvgIpc) is 2.77. The van der Waals surface area contributed by atoms with Crippen molar-refractivity contribution in [2.75, 3.05) is 5.32 Å². The lowest BCUT2D eigenvalue weighted by atomic mass is 10.0. The second-order valence-electron chi connectivity index (χ2n) is 5.54. The van der Waals surface area contributed by atoms with Gasteiger partial charge in [0.2, 0.25) is 5.91 Å². The van der Waals surface area contributed by atoms with E-state index in [0.29, 0.717) is 18.5 Å². The monoisotopic (exact) mass is 290 g/mol. The molecule has 1 aromatic heterocycles. The van der Waals surface area contributed by atoms with E-state index in [1.54, 1.807) is 18.5 Å². The van der Waals surface area contributed by atoms with E-state index in [-0.39, 0.29) is 18.7 Å². The Morgan fingerprint density at radius 3 is 2.95 bits per heavy atom. The van der Waals surface area contributed by atoms with E-state index in [1.807, 2.05) is 18.2 Å². The third-order valence-electron chi connectivity index (χ3n) is 4.02. The first-order chi connectivity index (χ1) is 10.0. The Hall–Kier alpha value is -2.04. The van der Waals surface area contributed by atoms with Crippen molar-refractivity contribution in [2.24, 2.45) is 5.92 Å². The predicted molar refractivity (Wildman–Crippen MR) is 77.3 cm³/mol. The summed E-state index contributed by atoms with van der Waals surface area (Å²) in [7, 11) is 0. The van der Waals surface area contributed by atoms with Crippen molar-refractivity contribution in [3.8, 4) is 0 Å². The number of amides is 1. The number of carbonyl (C=O) groups is 1. The number of anilines is 1. The molecule has 2 aromatic rings. The average molecular weight is 290 g/mol. The molecule has 110 valence electrons. The normalized spacial score (nSPS) is 20.6. The molecule has 1 aliphatic carbocycles. The summed E-state index contributed by atoms with van der Waals surface area (Å²) in [5, 5.41) is 4.63. The highest BCUT2D eigenvalue weighted by atomic mass is 19.3. The molecule has 0 radical (unpaired) electrons. The molecule has 1 N–H and O–H groups in total. The topological polar surface area (TPSA) is 42.0 Å². The van der Waals surface area contributed by atoms with Crippen molar-refractivity contribution in [1.29, 1.82) is 0 Å². The van der Waals surface area contributed by atoms with Gasteiger partial charge in [0.05, 0.1) is 0 Å². The summed E-state index contributed by atoms with van der Waals surface area (Å²) in [6.07, 6.45) is 4.10.